The Bertz CT molecular complexity index is 478. The lowest BCUT2D eigenvalue weighted by molar-refractivity contribution is -0.121. The smallest absolute Gasteiger partial charge is 0.221 e. The number of amides is 1. The van der Waals surface area contributed by atoms with Crippen molar-refractivity contribution in [3.63, 3.8) is 0 Å². The number of nitrogens with one attached hydrogen (secondary N) is 1. The van der Waals surface area contributed by atoms with Gasteiger partial charge in [0.15, 0.2) is 0 Å². The highest BCUT2D eigenvalue weighted by atomic mass is 16.5. The number of carbonyl (C=O) groups excluding carboxylic acids is 1. The molecule has 1 atom stereocenters. The summed E-state index contributed by atoms with van der Waals surface area (Å²) in [6.07, 6.45) is 1.05. The first-order valence-electron chi connectivity index (χ1n) is 6.49. The van der Waals surface area contributed by atoms with Crippen LogP contribution in [0.4, 0.5) is 0 Å². The average Bonchev–Trinajstić information content (AvgIpc) is 2.44. The summed E-state index contributed by atoms with van der Waals surface area (Å²) in [5, 5.41) is 12.0. The van der Waals surface area contributed by atoms with Crippen LogP contribution in [0, 0.1) is 11.3 Å². The highest BCUT2D eigenvalue weighted by Crippen LogP contribution is 2.29. The number of aryl methyl sites for hydroxylation is 1. The maximum Gasteiger partial charge on any atom is 0.221 e. The molecule has 1 rings (SSSR count). The predicted molar refractivity (Wildman–Crippen MR) is 74.0 cm³/mol. The zero-order valence-corrected chi connectivity index (χ0v) is 11.7. The quantitative estimate of drug-likeness (QED) is 0.854. The Morgan fingerprint density at radius 3 is 2.74 bits per heavy atom. The molecule has 102 valence electrons. The second kappa shape index (κ2) is 7.42. The van der Waals surface area contributed by atoms with Gasteiger partial charge in [-0.2, -0.15) is 5.26 Å². The number of ether oxygens (including phenoxy) is 1. The van der Waals surface area contributed by atoms with Gasteiger partial charge in [0.1, 0.15) is 5.75 Å². The summed E-state index contributed by atoms with van der Waals surface area (Å²) in [7, 11) is 1.57. The molecule has 1 unspecified atom stereocenters. The fourth-order valence-electron chi connectivity index (χ4n) is 1.96. The molecule has 1 N–H and O–H groups in total. The molecular weight excluding hydrogens is 240 g/mol. The third-order valence-electron chi connectivity index (χ3n) is 3.00. The first-order valence-corrected chi connectivity index (χ1v) is 6.49. The zero-order chi connectivity index (χ0) is 14.3. The fraction of sp³-hybridized carbons (Fsp3) is 0.467. The van der Waals surface area contributed by atoms with Crippen molar-refractivity contribution in [3.8, 4) is 11.8 Å². The van der Waals surface area contributed by atoms with Crippen molar-refractivity contribution >= 4 is 5.91 Å². The molecule has 0 bridgehead atoms. The molecule has 0 aliphatic rings. The summed E-state index contributed by atoms with van der Waals surface area (Å²) in [5.74, 6) is 0.0686. The molecule has 1 aromatic rings. The minimum atomic E-state index is -0.479. The van der Waals surface area contributed by atoms with E-state index in [0.717, 1.165) is 17.5 Å². The molecule has 0 spiro atoms. The van der Waals surface area contributed by atoms with Crippen LogP contribution >= 0.6 is 0 Å². The van der Waals surface area contributed by atoms with Crippen LogP contribution in [0.3, 0.4) is 0 Å². The summed E-state index contributed by atoms with van der Waals surface area (Å²) in [5.41, 5.74) is 1.92. The minimum Gasteiger partial charge on any atom is -0.496 e. The molecule has 0 fully saturated rings. The number of hydrogen-bond donors (Lipinski definition) is 1. The lowest BCUT2D eigenvalue weighted by Gasteiger charge is -2.14. The van der Waals surface area contributed by atoms with Crippen LogP contribution in [0.1, 0.15) is 37.3 Å². The summed E-state index contributed by atoms with van der Waals surface area (Å²) < 4.78 is 5.29. The van der Waals surface area contributed by atoms with Gasteiger partial charge in [0, 0.05) is 18.5 Å². The van der Waals surface area contributed by atoms with Crippen molar-refractivity contribution in [3.05, 3.63) is 29.3 Å². The highest BCUT2D eigenvalue weighted by molar-refractivity contribution is 5.77. The number of nitriles is 1. The third-order valence-corrected chi connectivity index (χ3v) is 3.00. The minimum absolute atomic E-state index is 0.113. The zero-order valence-electron chi connectivity index (χ0n) is 11.7. The molecule has 0 saturated heterocycles. The van der Waals surface area contributed by atoms with Crippen molar-refractivity contribution in [1.82, 2.24) is 5.32 Å². The monoisotopic (exact) mass is 260 g/mol. The van der Waals surface area contributed by atoms with Crippen LogP contribution in [0.2, 0.25) is 0 Å². The largest absolute Gasteiger partial charge is 0.496 e. The molecule has 0 aliphatic carbocycles. The van der Waals surface area contributed by atoms with Gasteiger partial charge < -0.3 is 10.1 Å². The second-order valence-corrected chi connectivity index (χ2v) is 4.27. The molecule has 0 heterocycles. The van der Waals surface area contributed by atoms with Gasteiger partial charge in [0.05, 0.1) is 19.1 Å². The average molecular weight is 260 g/mol. The Hall–Kier alpha value is -2.02. The summed E-state index contributed by atoms with van der Waals surface area (Å²) in [4.78, 5) is 11.6. The molecule has 4 nitrogen and oxygen atoms in total. The van der Waals surface area contributed by atoms with Gasteiger partial charge >= 0.3 is 0 Å². The number of nitrogens with zero attached hydrogens (tertiary/aromatic N) is 1. The van der Waals surface area contributed by atoms with E-state index in [1.165, 1.54) is 0 Å². The van der Waals surface area contributed by atoms with Crippen molar-refractivity contribution in [1.29, 1.82) is 5.26 Å². The Balaban J connectivity index is 3.02. The van der Waals surface area contributed by atoms with E-state index >= 15 is 0 Å². The number of carbonyl (C=O) groups is 1. The molecule has 0 aliphatic heterocycles. The van der Waals surface area contributed by atoms with E-state index < -0.39 is 5.92 Å². The third kappa shape index (κ3) is 3.99. The summed E-state index contributed by atoms with van der Waals surface area (Å²) in [6, 6.07) is 7.98. The van der Waals surface area contributed by atoms with E-state index in [-0.39, 0.29) is 12.3 Å². The van der Waals surface area contributed by atoms with Crippen LogP contribution in [0.25, 0.3) is 0 Å². The Morgan fingerprint density at radius 2 is 2.21 bits per heavy atom. The predicted octanol–water partition coefficient (Wildman–Crippen LogP) is 2.39. The van der Waals surface area contributed by atoms with Gasteiger partial charge in [-0.15, -0.1) is 0 Å². The molecule has 19 heavy (non-hydrogen) atoms. The topological polar surface area (TPSA) is 62.1 Å². The molecule has 0 aromatic heterocycles. The van der Waals surface area contributed by atoms with Crippen LogP contribution < -0.4 is 10.1 Å². The van der Waals surface area contributed by atoms with Crippen LogP contribution in [-0.2, 0) is 11.2 Å². The fourth-order valence-corrected chi connectivity index (χ4v) is 1.96. The molecule has 0 saturated carbocycles. The van der Waals surface area contributed by atoms with Gasteiger partial charge in [-0.3, -0.25) is 4.79 Å². The Kier molecular flexibility index (Phi) is 5.87. The van der Waals surface area contributed by atoms with Gasteiger partial charge in [-0.1, -0.05) is 19.1 Å². The van der Waals surface area contributed by atoms with E-state index in [0.29, 0.717) is 12.3 Å². The van der Waals surface area contributed by atoms with E-state index in [9.17, 15) is 10.1 Å². The maximum atomic E-state index is 11.6. The normalized spacial score (nSPS) is 11.5. The molecule has 0 radical (unpaired) electrons. The summed E-state index contributed by atoms with van der Waals surface area (Å²) in [6.45, 7) is 4.48. The van der Waals surface area contributed by atoms with Crippen LogP contribution in [-0.4, -0.2) is 19.6 Å². The van der Waals surface area contributed by atoms with Crippen molar-refractivity contribution in [2.75, 3.05) is 13.7 Å². The number of rotatable bonds is 6. The lowest BCUT2D eigenvalue weighted by Crippen LogP contribution is -2.24. The molecule has 4 heteroatoms. The van der Waals surface area contributed by atoms with E-state index in [2.05, 4.69) is 18.3 Å². The van der Waals surface area contributed by atoms with Gasteiger partial charge in [0.25, 0.3) is 0 Å². The lowest BCUT2D eigenvalue weighted by atomic mass is 9.93. The van der Waals surface area contributed by atoms with Crippen LogP contribution in [0.15, 0.2) is 18.2 Å². The van der Waals surface area contributed by atoms with E-state index in [1.807, 2.05) is 25.1 Å². The number of benzene rings is 1. The van der Waals surface area contributed by atoms with Crippen molar-refractivity contribution in [2.24, 2.45) is 0 Å². The Labute approximate surface area is 114 Å². The number of hydrogen-bond acceptors (Lipinski definition) is 3. The van der Waals surface area contributed by atoms with Gasteiger partial charge in [-0.25, -0.2) is 0 Å². The first kappa shape index (κ1) is 15.0. The molecule has 1 aromatic carbocycles. The molecule has 1 amide bonds. The number of methoxy groups -OCH3 is 1. The molecular formula is C15H20N2O2. The SMILES string of the molecule is CCNC(=O)CC(C#N)c1cc(CC)ccc1OC. The second-order valence-electron chi connectivity index (χ2n) is 4.27. The van der Waals surface area contributed by atoms with Crippen molar-refractivity contribution < 1.29 is 9.53 Å². The van der Waals surface area contributed by atoms with Crippen LogP contribution in [0.5, 0.6) is 5.75 Å². The maximum absolute atomic E-state index is 11.6. The highest BCUT2D eigenvalue weighted by Gasteiger charge is 2.19. The summed E-state index contributed by atoms with van der Waals surface area (Å²) >= 11 is 0. The van der Waals surface area contributed by atoms with Crippen molar-refractivity contribution in [2.45, 2.75) is 32.6 Å². The van der Waals surface area contributed by atoms with Gasteiger partial charge in [0.2, 0.25) is 5.91 Å². The van der Waals surface area contributed by atoms with Gasteiger partial charge in [-0.05, 0) is 25.0 Å². The standard InChI is InChI=1S/C15H20N2O2/c1-4-11-6-7-14(19-3)13(8-11)12(10-16)9-15(18)17-5-2/h6-8,12H,4-5,9H2,1-3H3,(H,17,18). The van der Waals surface area contributed by atoms with E-state index in [4.69, 9.17) is 4.74 Å². The Morgan fingerprint density at radius 1 is 1.47 bits per heavy atom. The first-order chi connectivity index (χ1) is 9.15. The van der Waals surface area contributed by atoms with E-state index in [1.54, 1.807) is 7.11 Å².